The van der Waals surface area contributed by atoms with Crippen LogP contribution in [0.1, 0.15) is 60.8 Å². The van der Waals surface area contributed by atoms with Gasteiger partial charge in [-0.1, -0.05) is 19.1 Å². The SMILES string of the molecule is C=C1CCC(OC(C)=O)[C@@]2(C)C(OC(C)=O)C(OC(C)=O)C[C@]3(CO3)C2C(OC(C)=O)[C@@]2(O)C(C)C(=O)OC2C1Cl. The van der Waals surface area contributed by atoms with Crippen LogP contribution in [-0.4, -0.2) is 88.7 Å². The van der Waals surface area contributed by atoms with Crippen molar-refractivity contribution < 1.29 is 57.5 Å². The van der Waals surface area contributed by atoms with Crippen molar-refractivity contribution in [2.45, 2.75) is 108 Å². The Labute approximate surface area is 242 Å². The summed E-state index contributed by atoms with van der Waals surface area (Å²) in [6.45, 7) is 12.0. The van der Waals surface area contributed by atoms with E-state index in [1.165, 1.54) is 27.7 Å². The first-order valence-electron chi connectivity index (χ1n) is 13.6. The van der Waals surface area contributed by atoms with Crippen LogP contribution in [-0.2, 0) is 52.4 Å². The van der Waals surface area contributed by atoms with Crippen molar-refractivity contribution in [1.29, 1.82) is 0 Å². The van der Waals surface area contributed by atoms with E-state index in [0.29, 0.717) is 5.57 Å². The second-order valence-corrected chi connectivity index (χ2v) is 12.2. The van der Waals surface area contributed by atoms with Crippen LogP contribution in [0.15, 0.2) is 12.2 Å². The van der Waals surface area contributed by atoms with Gasteiger partial charge in [0.05, 0.1) is 23.3 Å². The molecule has 12 nitrogen and oxygen atoms in total. The molecule has 2 saturated heterocycles. The van der Waals surface area contributed by atoms with Crippen molar-refractivity contribution in [2.75, 3.05) is 6.61 Å². The molecule has 2 saturated carbocycles. The predicted molar refractivity (Wildman–Crippen MR) is 139 cm³/mol. The van der Waals surface area contributed by atoms with Gasteiger partial charge in [0.2, 0.25) is 0 Å². The molecule has 4 rings (SSSR count). The van der Waals surface area contributed by atoms with Gasteiger partial charge >= 0.3 is 29.8 Å². The van der Waals surface area contributed by atoms with Crippen molar-refractivity contribution in [3.63, 3.8) is 0 Å². The highest BCUT2D eigenvalue weighted by atomic mass is 35.5. The van der Waals surface area contributed by atoms with Gasteiger partial charge in [0.25, 0.3) is 0 Å². The van der Waals surface area contributed by atoms with Crippen LogP contribution in [0.25, 0.3) is 0 Å². The third-order valence-corrected chi connectivity index (χ3v) is 9.58. The number of carbonyl (C=O) groups is 5. The molecule has 2 aliphatic heterocycles. The molecule has 1 spiro atoms. The highest BCUT2D eigenvalue weighted by Gasteiger charge is 2.77. The molecular formula is C28H37ClO12. The van der Waals surface area contributed by atoms with Crippen LogP contribution >= 0.6 is 11.6 Å². The molecule has 4 aliphatic rings. The summed E-state index contributed by atoms with van der Waals surface area (Å²) in [7, 11) is 0. The fourth-order valence-electron chi connectivity index (χ4n) is 7.23. The number of fused-ring (bicyclic) bond motifs is 3. The summed E-state index contributed by atoms with van der Waals surface area (Å²) in [4.78, 5) is 62.9. The van der Waals surface area contributed by atoms with Gasteiger partial charge in [-0.3, -0.25) is 24.0 Å². The Balaban J connectivity index is 2.05. The number of epoxide rings is 1. The summed E-state index contributed by atoms with van der Waals surface area (Å²) in [6, 6.07) is 0. The molecule has 13 heteroatoms. The maximum atomic E-state index is 13.0. The highest BCUT2D eigenvalue weighted by Crippen LogP contribution is 2.63. The van der Waals surface area contributed by atoms with Gasteiger partial charge in [0.1, 0.15) is 30.0 Å². The highest BCUT2D eigenvalue weighted by molar-refractivity contribution is 6.23. The minimum atomic E-state index is -2.21. The third-order valence-electron chi connectivity index (χ3n) is 9.04. The van der Waals surface area contributed by atoms with E-state index in [0.717, 1.165) is 6.92 Å². The number of hydrogen-bond donors (Lipinski definition) is 1. The summed E-state index contributed by atoms with van der Waals surface area (Å²) in [5.41, 5.74) is -4.56. The number of carbonyl (C=O) groups excluding carboxylic acids is 5. The molecule has 1 N–H and O–H groups in total. The van der Waals surface area contributed by atoms with Crippen LogP contribution in [0.4, 0.5) is 0 Å². The van der Waals surface area contributed by atoms with Crippen LogP contribution in [0.2, 0.25) is 0 Å². The number of alkyl halides is 1. The second kappa shape index (κ2) is 10.9. The van der Waals surface area contributed by atoms with E-state index in [4.69, 9.17) is 40.0 Å². The Morgan fingerprint density at radius 3 is 2.02 bits per heavy atom. The minimum absolute atomic E-state index is 0.00369. The Hall–Kier alpha value is -2.70. The molecule has 4 fully saturated rings. The van der Waals surface area contributed by atoms with Crippen molar-refractivity contribution in [2.24, 2.45) is 17.3 Å². The van der Waals surface area contributed by atoms with Crippen molar-refractivity contribution >= 4 is 41.4 Å². The smallest absolute Gasteiger partial charge is 0.312 e. The minimum Gasteiger partial charge on any atom is -0.462 e. The van der Waals surface area contributed by atoms with E-state index in [1.54, 1.807) is 6.92 Å². The fourth-order valence-corrected chi connectivity index (χ4v) is 7.59. The van der Waals surface area contributed by atoms with E-state index in [9.17, 15) is 29.1 Å². The van der Waals surface area contributed by atoms with Crippen molar-refractivity contribution in [1.82, 2.24) is 0 Å². The number of rotatable bonds is 4. The van der Waals surface area contributed by atoms with Crippen LogP contribution < -0.4 is 0 Å². The van der Waals surface area contributed by atoms with Gasteiger partial charge in [-0.05, 0) is 19.8 Å². The summed E-state index contributed by atoms with van der Waals surface area (Å²) >= 11 is 6.78. The lowest BCUT2D eigenvalue weighted by atomic mass is 9.51. The van der Waals surface area contributed by atoms with E-state index in [-0.39, 0.29) is 25.9 Å². The number of aliphatic hydroxyl groups is 1. The first-order chi connectivity index (χ1) is 19.0. The van der Waals surface area contributed by atoms with E-state index >= 15 is 0 Å². The Morgan fingerprint density at radius 2 is 1.51 bits per heavy atom. The zero-order valence-electron chi connectivity index (χ0n) is 24.0. The molecule has 0 radical (unpaired) electrons. The largest absolute Gasteiger partial charge is 0.462 e. The molecule has 0 bridgehead atoms. The molecule has 2 aliphatic carbocycles. The monoisotopic (exact) mass is 600 g/mol. The average Bonchev–Trinajstić information content (AvgIpc) is 3.57. The molecule has 2 heterocycles. The second-order valence-electron chi connectivity index (χ2n) is 11.8. The number of halogens is 1. The first-order valence-corrected chi connectivity index (χ1v) is 14.0. The first kappa shape index (κ1) is 31.2. The van der Waals surface area contributed by atoms with Crippen LogP contribution in [0.3, 0.4) is 0 Å². The lowest BCUT2D eigenvalue weighted by molar-refractivity contribution is -0.263. The topological polar surface area (TPSA) is 164 Å². The van der Waals surface area contributed by atoms with E-state index < -0.39 is 94.2 Å². The summed E-state index contributed by atoms with van der Waals surface area (Å²) in [5.74, 6) is -5.86. The lowest BCUT2D eigenvalue weighted by Crippen LogP contribution is -2.72. The molecule has 0 amide bonds. The summed E-state index contributed by atoms with van der Waals surface area (Å²) in [5, 5.41) is 11.4. The maximum Gasteiger partial charge on any atom is 0.312 e. The standard InChI is InChI=1S/C28H37ClO12/c1-12-8-9-19(38-15(4)31)26(7)21(27(11-36-27)10-18(37-14(3)30)22(26)39-16(5)32)24(40-17(6)33)28(35)13(2)25(34)41-23(28)20(12)29/h13,18-24,35H,1,8-11H2,2-7H3/t13?,18?,19?,20?,21?,22?,23?,24?,26-,27+,28-/m1/s1. The van der Waals surface area contributed by atoms with Gasteiger partial charge in [0, 0.05) is 40.0 Å². The van der Waals surface area contributed by atoms with Gasteiger partial charge in [-0.15, -0.1) is 11.6 Å². The van der Waals surface area contributed by atoms with Crippen molar-refractivity contribution in [3.8, 4) is 0 Å². The molecule has 228 valence electrons. The molecule has 0 aromatic heterocycles. The van der Waals surface area contributed by atoms with Gasteiger partial charge in [-0.2, -0.15) is 0 Å². The zero-order valence-corrected chi connectivity index (χ0v) is 24.7. The Kier molecular flexibility index (Phi) is 8.27. The number of hydrogen-bond acceptors (Lipinski definition) is 12. The lowest BCUT2D eigenvalue weighted by Gasteiger charge is -2.58. The van der Waals surface area contributed by atoms with E-state index in [2.05, 4.69) is 6.58 Å². The summed E-state index contributed by atoms with van der Waals surface area (Å²) < 4.78 is 34.9. The van der Waals surface area contributed by atoms with Crippen LogP contribution in [0, 0.1) is 17.3 Å². The van der Waals surface area contributed by atoms with Gasteiger partial charge in [0.15, 0.2) is 11.7 Å². The molecular weight excluding hydrogens is 564 g/mol. The summed E-state index contributed by atoms with van der Waals surface area (Å²) in [6.07, 6.45) is -6.01. The van der Waals surface area contributed by atoms with E-state index in [1.807, 2.05) is 0 Å². The average molecular weight is 601 g/mol. The fraction of sp³-hybridized carbons (Fsp3) is 0.750. The van der Waals surface area contributed by atoms with Crippen LogP contribution in [0.5, 0.6) is 0 Å². The molecule has 8 unspecified atom stereocenters. The molecule has 0 aromatic carbocycles. The number of ether oxygens (including phenoxy) is 6. The molecule has 41 heavy (non-hydrogen) atoms. The maximum absolute atomic E-state index is 13.0. The molecule has 0 aromatic rings. The van der Waals surface area contributed by atoms with Crippen molar-refractivity contribution in [3.05, 3.63) is 12.2 Å². The Bertz CT molecular complexity index is 1150. The third kappa shape index (κ3) is 5.23. The van der Waals surface area contributed by atoms with Gasteiger partial charge in [-0.25, -0.2) is 0 Å². The predicted octanol–water partition coefficient (Wildman–Crippen LogP) is 1.76. The Morgan fingerprint density at radius 1 is 0.976 bits per heavy atom. The molecule has 11 atom stereocenters. The zero-order chi connectivity index (χ0) is 30.7. The number of esters is 5. The van der Waals surface area contributed by atoms with Gasteiger partial charge < -0.3 is 33.5 Å². The quantitative estimate of drug-likeness (QED) is 0.164. The normalized spacial score (nSPS) is 43.6.